The fourth-order valence-corrected chi connectivity index (χ4v) is 7.02. The lowest BCUT2D eigenvalue weighted by atomic mass is 9.76. The van der Waals surface area contributed by atoms with E-state index in [2.05, 4.69) is 10.3 Å². The number of benzene rings is 4. The maximum absolute atomic E-state index is 14.3. The highest BCUT2D eigenvalue weighted by molar-refractivity contribution is 6.10. The fourth-order valence-electron chi connectivity index (χ4n) is 7.02. The van der Waals surface area contributed by atoms with Crippen LogP contribution in [-0.2, 0) is 27.3 Å². The van der Waals surface area contributed by atoms with E-state index in [4.69, 9.17) is 4.74 Å². The number of nitrogens with zero attached hydrogens (tertiary/aromatic N) is 1. The summed E-state index contributed by atoms with van der Waals surface area (Å²) in [6.07, 6.45) is 1.80. The molecule has 0 saturated carbocycles. The van der Waals surface area contributed by atoms with E-state index in [0.29, 0.717) is 11.3 Å². The predicted molar refractivity (Wildman–Crippen MR) is 158 cm³/mol. The van der Waals surface area contributed by atoms with E-state index in [0.717, 1.165) is 32.8 Å². The van der Waals surface area contributed by atoms with Gasteiger partial charge in [-0.2, -0.15) is 0 Å². The molecule has 3 heterocycles. The van der Waals surface area contributed by atoms with Gasteiger partial charge in [-0.15, -0.1) is 0 Å². The van der Waals surface area contributed by atoms with E-state index >= 15 is 0 Å². The maximum Gasteiger partial charge on any atom is 0.325 e. The summed E-state index contributed by atoms with van der Waals surface area (Å²) >= 11 is 0. The van der Waals surface area contributed by atoms with E-state index in [1.165, 1.54) is 12.0 Å². The number of carboxylic acid groups (broad SMARTS) is 1. The number of para-hydroxylation sites is 2. The molecule has 2 saturated heterocycles. The van der Waals surface area contributed by atoms with Crippen molar-refractivity contribution in [3.63, 3.8) is 0 Å². The van der Waals surface area contributed by atoms with Crippen LogP contribution >= 0.6 is 0 Å². The molecule has 1 aromatic heterocycles. The molecule has 2 amide bonds. The van der Waals surface area contributed by atoms with Gasteiger partial charge in [-0.1, -0.05) is 78.9 Å². The van der Waals surface area contributed by atoms with Crippen molar-refractivity contribution < 1.29 is 24.2 Å². The zero-order valence-electron chi connectivity index (χ0n) is 22.9. The maximum atomic E-state index is 14.3. The van der Waals surface area contributed by atoms with Crippen molar-refractivity contribution in [3.8, 4) is 5.75 Å². The number of likely N-dealkylation sites (tertiary alicyclic amines) is 1. The molecular weight excluding hydrogens is 530 g/mol. The summed E-state index contributed by atoms with van der Waals surface area (Å²) in [6.45, 7) is 0.0629. The first-order chi connectivity index (χ1) is 20.4. The Kier molecular flexibility index (Phi) is 6.09. The van der Waals surface area contributed by atoms with Crippen molar-refractivity contribution in [2.75, 3.05) is 7.11 Å². The Morgan fingerprint density at radius 2 is 1.60 bits per heavy atom. The number of carbonyl (C=O) groups is 3. The van der Waals surface area contributed by atoms with Crippen LogP contribution in [0.3, 0.4) is 0 Å². The highest BCUT2D eigenvalue weighted by Crippen LogP contribution is 2.52. The fraction of sp³-hybridized carbons (Fsp3) is 0.206. The molecule has 0 bridgehead atoms. The lowest BCUT2D eigenvalue weighted by molar-refractivity contribution is -0.151. The molecule has 2 aliphatic rings. The average Bonchev–Trinajstić information content (AvgIpc) is 3.66. The normalized spacial score (nSPS) is 23.5. The van der Waals surface area contributed by atoms with Crippen LogP contribution in [0.1, 0.15) is 22.7 Å². The molecule has 0 aliphatic carbocycles. The summed E-state index contributed by atoms with van der Waals surface area (Å²) in [4.78, 5) is 46.5. The van der Waals surface area contributed by atoms with Crippen molar-refractivity contribution in [2.24, 2.45) is 11.8 Å². The minimum absolute atomic E-state index is 0.0142. The number of fused-ring (bicyclic) bond motifs is 3. The smallest absolute Gasteiger partial charge is 0.325 e. The molecule has 3 N–H and O–H groups in total. The van der Waals surface area contributed by atoms with E-state index in [9.17, 15) is 19.5 Å². The van der Waals surface area contributed by atoms with E-state index in [-0.39, 0.29) is 18.9 Å². The number of carboxylic acids is 1. The van der Waals surface area contributed by atoms with Gasteiger partial charge in [-0.25, -0.2) is 0 Å². The molecule has 42 heavy (non-hydrogen) atoms. The van der Waals surface area contributed by atoms with Crippen LogP contribution < -0.4 is 10.1 Å². The van der Waals surface area contributed by atoms with Gasteiger partial charge in [0.05, 0.1) is 25.5 Å². The number of ether oxygens (including phenoxy) is 1. The quantitative estimate of drug-likeness (QED) is 0.246. The number of rotatable bonds is 7. The third kappa shape index (κ3) is 3.83. The molecule has 0 spiro atoms. The van der Waals surface area contributed by atoms with Crippen molar-refractivity contribution in [2.45, 2.75) is 24.5 Å². The molecule has 8 nitrogen and oxygen atoms in total. The number of aliphatic carboxylic acids is 1. The van der Waals surface area contributed by atoms with Gasteiger partial charge in [0.1, 0.15) is 11.3 Å². The summed E-state index contributed by atoms with van der Waals surface area (Å²) in [6, 6.07) is 27.8. The topological polar surface area (TPSA) is 112 Å². The molecule has 5 aromatic rings. The highest BCUT2D eigenvalue weighted by atomic mass is 16.5. The summed E-state index contributed by atoms with van der Waals surface area (Å²) in [5.74, 6) is -3.57. The summed E-state index contributed by atoms with van der Waals surface area (Å²) in [5, 5.41) is 17.0. The monoisotopic (exact) mass is 559 g/mol. The number of carbonyl (C=O) groups excluding carboxylic acids is 2. The number of H-pyrrole nitrogens is 1. The van der Waals surface area contributed by atoms with Gasteiger partial charge in [0.2, 0.25) is 11.8 Å². The van der Waals surface area contributed by atoms with Crippen molar-refractivity contribution >= 4 is 39.5 Å². The second-order valence-corrected chi connectivity index (χ2v) is 11.1. The highest BCUT2D eigenvalue weighted by Gasteiger charge is 2.68. The van der Waals surface area contributed by atoms with Crippen LogP contribution in [0.4, 0.5) is 0 Å². The first kappa shape index (κ1) is 26.0. The number of methoxy groups -OCH3 is 1. The van der Waals surface area contributed by atoms with Gasteiger partial charge < -0.3 is 14.8 Å². The number of aromatic amines is 1. The number of hydrogen-bond donors (Lipinski definition) is 3. The molecular formula is C34H29N3O5. The number of imide groups is 1. The Morgan fingerprint density at radius 3 is 2.40 bits per heavy atom. The number of aromatic nitrogens is 1. The molecule has 7 rings (SSSR count). The van der Waals surface area contributed by atoms with Gasteiger partial charge in [0.25, 0.3) is 0 Å². The average molecular weight is 560 g/mol. The van der Waals surface area contributed by atoms with Crippen molar-refractivity contribution in [1.82, 2.24) is 15.2 Å². The van der Waals surface area contributed by atoms with Crippen LogP contribution in [0.15, 0.2) is 97.2 Å². The van der Waals surface area contributed by atoms with Crippen LogP contribution in [0.25, 0.3) is 21.7 Å². The Morgan fingerprint density at radius 1 is 0.881 bits per heavy atom. The molecule has 210 valence electrons. The van der Waals surface area contributed by atoms with Crippen LogP contribution in [0.2, 0.25) is 0 Å². The predicted octanol–water partition coefficient (Wildman–Crippen LogP) is 4.84. The zero-order valence-corrected chi connectivity index (χ0v) is 22.9. The van der Waals surface area contributed by atoms with Gasteiger partial charge in [-0.05, 0) is 34.0 Å². The minimum Gasteiger partial charge on any atom is -0.496 e. The van der Waals surface area contributed by atoms with Crippen LogP contribution in [0.5, 0.6) is 5.75 Å². The van der Waals surface area contributed by atoms with Gasteiger partial charge in [0.15, 0.2) is 0 Å². The Bertz CT molecular complexity index is 1870. The first-order valence-corrected chi connectivity index (χ1v) is 13.9. The minimum atomic E-state index is -1.73. The summed E-state index contributed by atoms with van der Waals surface area (Å²) < 4.78 is 5.63. The molecule has 4 aromatic carbocycles. The Balaban J connectivity index is 1.36. The van der Waals surface area contributed by atoms with Crippen LogP contribution in [0, 0.1) is 11.8 Å². The Labute approximate surface area is 241 Å². The first-order valence-electron chi connectivity index (χ1n) is 13.9. The molecule has 4 unspecified atom stereocenters. The number of nitrogens with one attached hydrogen (secondary N) is 2. The van der Waals surface area contributed by atoms with Gasteiger partial charge in [0, 0.05) is 35.1 Å². The van der Waals surface area contributed by atoms with E-state index in [1.807, 2.05) is 84.9 Å². The van der Waals surface area contributed by atoms with Crippen LogP contribution in [-0.4, -0.2) is 45.4 Å². The standard InChI is InChI=1S/C34H29N3O5/c1-42-27-16-7-5-14-25(27)30-28-29(34(36-30,33(40)41)17-22-18-35-26-15-6-4-13-24(22)26)32(39)37(31(28)38)19-21-11-8-10-20-9-2-3-12-23(20)21/h2-16,18,28-30,35-36H,17,19H2,1H3,(H,40,41). The largest absolute Gasteiger partial charge is 0.496 e. The number of amides is 2. The van der Waals surface area contributed by atoms with E-state index in [1.54, 1.807) is 12.3 Å². The SMILES string of the molecule is COc1ccccc1C1NC(Cc2c[nH]c3ccccc23)(C(=O)O)C2C(=O)N(Cc3cccc4ccccc34)C(=O)C12. The molecule has 0 radical (unpaired) electrons. The molecule has 2 aliphatic heterocycles. The zero-order chi connectivity index (χ0) is 29.0. The van der Waals surface area contributed by atoms with Gasteiger partial charge in [-0.3, -0.25) is 24.6 Å². The second-order valence-electron chi connectivity index (χ2n) is 11.1. The third-order valence-corrected chi connectivity index (χ3v) is 8.95. The van der Waals surface area contributed by atoms with Crippen molar-refractivity contribution in [1.29, 1.82) is 0 Å². The van der Waals surface area contributed by atoms with Gasteiger partial charge >= 0.3 is 5.97 Å². The lowest BCUT2D eigenvalue weighted by Gasteiger charge is -2.31. The van der Waals surface area contributed by atoms with E-state index < -0.39 is 35.3 Å². The van der Waals surface area contributed by atoms with Crippen molar-refractivity contribution in [3.05, 3.63) is 114 Å². The number of hydrogen-bond acceptors (Lipinski definition) is 5. The Hall–Kier alpha value is -4.95. The summed E-state index contributed by atoms with van der Waals surface area (Å²) in [5.41, 5.74) is 1.36. The molecule has 2 fully saturated rings. The lowest BCUT2D eigenvalue weighted by Crippen LogP contribution is -2.57. The summed E-state index contributed by atoms with van der Waals surface area (Å²) in [7, 11) is 1.54. The third-order valence-electron chi connectivity index (χ3n) is 8.95. The second kappa shape index (κ2) is 9.85. The molecule has 8 heteroatoms. The molecule has 4 atom stereocenters.